The highest BCUT2D eigenvalue weighted by Gasteiger charge is 2.31. The molecule has 1 atom stereocenters. The molecule has 0 saturated carbocycles. The summed E-state index contributed by atoms with van der Waals surface area (Å²) in [6.07, 6.45) is -3.03. The number of nitriles is 1. The first-order valence-electron chi connectivity index (χ1n) is 4.99. The van der Waals surface area contributed by atoms with Crippen molar-refractivity contribution in [3.05, 3.63) is 23.9 Å². The number of hydrogen-bond donors (Lipinski definition) is 0. The average Bonchev–Trinajstić information content (AvgIpc) is 2.27. The molecule has 0 spiro atoms. The van der Waals surface area contributed by atoms with E-state index >= 15 is 0 Å². The fraction of sp³-hybridized carbons (Fsp3) is 0.455. The van der Waals surface area contributed by atoms with Gasteiger partial charge in [0.15, 0.2) is 0 Å². The molecule has 6 heteroatoms. The molecule has 3 nitrogen and oxygen atoms in total. The van der Waals surface area contributed by atoms with Gasteiger partial charge in [0.1, 0.15) is 5.82 Å². The molecule has 0 aliphatic carbocycles. The minimum absolute atomic E-state index is 0.184. The average molecular weight is 243 g/mol. The molecule has 0 fully saturated rings. The SMILES string of the molecule is CC(CC#N)N(C)c1cc(C(F)(F)F)ccn1. The maximum absolute atomic E-state index is 12.5. The summed E-state index contributed by atoms with van der Waals surface area (Å²) in [6, 6.07) is 3.69. The molecule has 0 aliphatic rings. The third-order valence-electron chi connectivity index (χ3n) is 2.48. The quantitative estimate of drug-likeness (QED) is 0.819. The van der Waals surface area contributed by atoms with E-state index in [0.29, 0.717) is 0 Å². The molecule has 0 aromatic carbocycles. The highest BCUT2D eigenvalue weighted by Crippen LogP contribution is 2.30. The van der Waals surface area contributed by atoms with Crippen molar-refractivity contribution in [2.24, 2.45) is 0 Å². The smallest absolute Gasteiger partial charge is 0.356 e. The van der Waals surface area contributed by atoms with E-state index in [-0.39, 0.29) is 18.3 Å². The van der Waals surface area contributed by atoms with Crippen LogP contribution in [0.2, 0.25) is 0 Å². The third-order valence-corrected chi connectivity index (χ3v) is 2.48. The van der Waals surface area contributed by atoms with Gasteiger partial charge in [0.25, 0.3) is 0 Å². The Morgan fingerprint density at radius 1 is 1.53 bits per heavy atom. The van der Waals surface area contributed by atoms with Crippen LogP contribution in [0, 0.1) is 11.3 Å². The maximum atomic E-state index is 12.5. The summed E-state index contributed by atoms with van der Waals surface area (Å²) in [5.41, 5.74) is -0.737. The van der Waals surface area contributed by atoms with Gasteiger partial charge in [-0.25, -0.2) is 4.98 Å². The highest BCUT2D eigenvalue weighted by atomic mass is 19.4. The molecule has 92 valence electrons. The number of halogens is 3. The summed E-state index contributed by atoms with van der Waals surface area (Å²) >= 11 is 0. The number of nitrogens with zero attached hydrogens (tertiary/aromatic N) is 3. The zero-order valence-electron chi connectivity index (χ0n) is 9.49. The van der Waals surface area contributed by atoms with Gasteiger partial charge in [0.2, 0.25) is 0 Å². The first-order chi connectivity index (χ1) is 7.86. The molecular weight excluding hydrogens is 231 g/mol. The van der Waals surface area contributed by atoms with E-state index < -0.39 is 11.7 Å². The van der Waals surface area contributed by atoms with Crippen LogP contribution in [0.1, 0.15) is 18.9 Å². The highest BCUT2D eigenvalue weighted by molar-refractivity contribution is 5.42. The fourth-order valence-corrected chi connectivity index (χ4v) is 1.28. The van der Waals surface area contributed by atoms with Crippen molar-refractivity contribution in [1.29, 1.82) is 5.26 Å². The Kier molecular flexibility index (Phi) is 3.94. The summed E-state index contributed by atoms with van der Waals surface area (Å²) in [6.45, 7) is 1.76. The van der Waals surface area contributed by atoms with Crippen molar-refractivity contribution in [2.75, 3.05) is 11.9 Å². The Morgan fingerprint density at radius 3 is 2.71 bits per heavy atom. The van der Waals surface area contributed by atoms with Crippen molar-refractivity contribution >= 4 is 5.82 Å². The molecule has 0 saturated heterocycles. The number of alkyl halides is 3. The second kappa shape index (κ2) is 5.04. The lowest BCUT2D eigenvalue weighted by molar-refractivity contribution is -0.137. The molecule has 1 aromatic heterocycles. The molecule has 17 heavy (non-hydrogen) atoms. The molecule has 0 amide bonds. The number of pyridine rings is 1. The molecule has 1 aromatic rings. The summed E-state index contributed by atoms with van der Waals surface area (Å²) in [5.74, 6) is 0.211. The van der Waals surface area contributed by atoms with Gasteiger partial charge >= 0.3 is 6.18 Å². The van der Waals surface area contributed by atoms with E-state index in [1.165, 1.54) is 0 Å². The van der Waals surface area contributed by atoms with Crippen molar-refractivity contribution in [3.63, 3.8) is 0 Å². The van der Waals surface area contributed by atoms with Gasteiger partial charge in [-0.05, 0) is 19.1 Å². The van der Waals surface area contributed by atoms with Gasteiger partial charge in [-0.2, -0.15) is 18.4 Å². The van der Waals surface area contributed by atoms with Crippen LogP contribution in [0.15, 0.2) is 18.3 Å². The number of aromatic nitrogens is 1. The Morgan fingerprint density at radius 2 is 2.18 bits per heavy atom. The topological polar surface area (TPSA) is 39.9 Å². The van der Waals surface area contributed by atoms with Crippen LogP contribution in [-0.4, -0.2) is 18.1 Å². The van der Waals surface area contributed by atoms with E-state index in [2.05, 4.69) is 4.98 Å². The Balaban J connectivity index is 2.96. The van der Waals surface area contributed by atoms with Crippen LogP contribution >= 0.6 is 0 Å². The van der Waals surface area contributed by atoms with Crippen LogP contribution in [-0.2, 0) is 6.18 Å². The normalized spacial score (nSPS) is 12.9. The lowest BCUT2D eigenvalue weighted by atomic mass is 10.2. The molecule has 0 radical (unpaired) electrons. The largest absolute Gasteiger partial charge is 0.416 e. The maximum Gasteiger partial charge on any atom is 0.416 e. The Labute approximate surface area is 97.5 Å². The predicted molar refractivity (Wildman–Crippen MR) is 57.3 cm³/mol. The molecule has 1 heterocycles. The van der Waals surface area contributed by atoms with Gasteiger partial charge in [-0.1, -0.05) is 0 Å². The first-order valence-corrected chi connectivity index (χ1v) is 4.99. The van der Waals surface area contributed by atoms with Gasteiger partial charge in [0.05, 0.1) is 18.1 Å². The molecule has 0 aliphatic heterocycles. The number of anilines is 1. The van der Waals surface area contributed by atoms with Crippen LogP contribution < -0.4 is 4.90 Å². The molecule has 1 unspecified atom stereocenters. The van der Waals surface area contributed by atoms with E-state index in [0.717, 1.165) is 18.3 Å². The zero-order valence-corrected chi connectivity index (χ0v) is 9.49. The lowest BCUT2D eigenvalue weighted by Crippen LogP contribution is -2.29. The second-order valence-corrected chi connectivity index (χ2v) is 3.72. The van der Waals surface area contributed by atoms with E-state index in [4.69, 9.17) is 5.26 Å². The Bertz CT molecular complexity index is 423. The minimum atomic E-state index is -4.38. The van der Waals surface area contributed by atoms with E-state index in [9.17, 15) is 13.2 Å². The third kappa shape index (κ3) is 3.34. The van der Waals surface area contributed by atoms with Gasteiger partial charge in [0, 0.05) is 19.3 Å². The zero-order chi connectivity index (χ0) is 13.1. The molecule has 0 bridgehead atoms. The van der Waals surface area contributed by atoms with Crippen molar-refractivity contribution in [1.82, 2.24) is 4.98 Å². The van der Waals surface area contributed by atoms with Crippen molar-refractivity contribution in [3.8, 4) is 6.07 Å². The lowest BCUT2D eigenvalue weighted by Gasteiger charge is -2.24. The van der Waals surface area contributed by atoms with Gasteiger partial charge in [-0.3, -0.25) is 0 Å². The first kappa shape index (κ1) is 13.3. The fourth-order valence-electron chi connectivity index (χ4n) is 1.28. The standard InChI is InChI=1S/C11H12F3N3/c1-8(3-5-15)17(2)10-7-9(4-6-16-10)11(12,13)14/h4,6-8H,3H2,1-2H3. The predicted octanol–water partition coefficient (Wildman–Crippen LogP) is 2.84. The summed E-state index contributed by atoms with van der Waals surface area (Å²) in [4.78, 5) is 5.43. The van der Waals surface area contributed by atoms with Gasteiger partial charge in [-0.15, -0.1) is 0 Å². The van der Waals surface area contributed by atoms with Crippen LogP contribution in [0.25, 0.3) is 0 Å². The summed E-state index contributed by atoms with van der Waals surface area (Å²) in [5, 5.41) is 8.54. The molecular formula is C11H12F3N3. The van der Waals surface area contributed by atoms with Crippen LogP contribution in [0.3, 0.4) is 0 Å². The van der Waals surface area contributed by atoms with E-state index in [1.807, 2.05) is 6.07 Å². The van der Waals surface area contributed by atoms with Crippen molar-refractivity contribution in [2.45, 2.75) is 25.6 Å². The second-order valence-electron chi connectivity index (χ2n) is 3.72. The van der Waals surface area contributed by atoms with Crippen LogP contribution in [0.4, 0.5) is 19.0 Å². The number of hydrogen-bond acceptors (Lipinski definition) is 3. The molecule has 1 rings (SSSR count). The van der Waals surface area contributed by atoms with E-state index in [1.54, 1.807) is 18.9 Å². The molecule has 0 N–H and O–H groups in total. The Hall–Kier alpha value is -1.77. The number of rotatable bonds is 3. The van der Waals surface area contributed by atoms with Crippen molar-refractivity contribution < 1.29 is 13.2 Å². The van der Waals surface area contributed by atoms with Gasteiger partial charge < -0.3 is 4.90 Å². The monoisotopic (exact) mass is 243 g/mol. The minimum Gasteiger partial charge on any atom is -0.356 e. The summed E-state index contributed by atoms with van der Waals surface area (Å²) < 4.78 is 37.4. The van der Waals surface area contributed by atoms with Crippen LogP contribution in [0.5, 0.6) is 0 Å². The summed E-state index contributed by atoms with van der Waals surface area (Å²) in [7, 11) is 1.62.